The standard InChI is InChI=1S/C14H26O2/c1-7-8-14(5,6)12-11(13(2,3)4)15-9-10-16-12/h7-10H2,1-6H3. The summed E-state index contributed by atoms with van der Waals surface area (Å²) in [6, 6.07) is 0. The molecule has 1 heterocycles. The second kappa shape index (κ2) is 4.68. The van der Waals surface area contributed by atoms with Crippen molar-refractivity contribution in [1.82, 2.24) is 0 Å². The van der Waals surface area contributed by atoms with Crippen LogP contribution in [0.2, 0.25) is 0 Å². The molecule has 0 radical (unpaired) electrons. The van der Waals surface area contributed by atoms with Crippen LogP contribution in [0.5, 0.6) is 0 Å². The van der Waals surface area contributed by atoms with Crippen molar-refractivity contribution in [2.24, 2.45) is 10.8 Å². The molecule has 0 atom stereocenters. The van der Waals surface area contributed by atoms with Gasteiger partial charge in [0.05, 0.1) is 0 Å². The van der Waals surface area contributed by atoms with E-state index in [0.29, 0.717) is 13.2 Å². The molecule has 0 saturated heterocycles. The maximum Gasteiger partial charge on any atom is 0.140 e. The molecule has 0 aliphatic carbocycles. The maximum absolute atomic E-state index is 5.89. The molecule has 0 unspecified atom stereocenters. The lowest BCUT2D eigenvalue weighted by Crippen LogP contribution is -2.30. The average molecular weight is 226 g/mol. The Morgan fingerprint density at radius 1 is 0.938 bits per heavy atom. The summed E-state index contributed by atoms with van der Waals surface area (Å²) in [7, 11) is 0. The van der Waals surface area contributed by atoms with E-state index in [1.807, 2.05) is 0 Å². The largest absolute Gasteiger partial charge is 0.490 e. The predicted octanol–water partition coefficient (Wildman–Crippen LogP) is 4.12. The molecule has 0 aromatic carbocycles. The zero-order chi connectivity index (χ0) is 12.4. The minimum Gasteiger partial charge on any atom is -0.490 e. The van der Waals surface area contributed by atoms with E-state index in [1.54, 1.807) is 0 Å². The molecule has 0 aromatic heterocycles. The van der Waals surface area contributed by atoms with E-state index in [1.165, 1.54) is 0 Å². The van der Waals surface area contributed by atoms with Crippen molar-refractivity contribution < 1.29 is 9.47 Å². The van der Waals surface area contributed by atoms with E-state index in [0.717, 1.165) is 24.4 Å². The lowest BCUT2D eigenvalue weighted by molar-refractivity contribution is 0.00356. The Morgan fingerprint density at radius 3 is 1.88 bits per heavy atom. The highest BCUT2D eigenvalue weighted by Gasteiger charge is 2.35. The average Bonchev–Trinajstić information content (AvgIpc) is 2.16. The van der Waals surface area contributed by atoms with Crippen LogP contribution in [0.4, 0.5) is 0 Å². The molecule has 94 valence electrons. The smallest absolute Gasteiger partial charge is 0.140 e. The Bertz CT molecular complexity index is 269. The van der Waals surface area contributed by atoms with E-state index < -0.39 is 0 Å². The summed E-state index contributed by atoms with van der Waals surface area (Å²) < 4.78 is 11.7. The van der Waals surface area contributed by atoms with Gasteiger partial charge in [-0.15, -0.1) is 0 Å². The number of hydrogen-bond acceptors (Lipinski definition) is 2. The van der Waals surface area contributed by atoms with Gasteiger partial charge in [-0.3, -0.25) is 0 Å². The van der Waals surface area contributed by atoms with Gasteiger partial charge in [0.15, 0.2) is 0 Å². The highest BCUT2D eigenvalue weighted by atomic mass is 16.6. The van der Waals surface area contributed by atoms with Crippen molar-refractivity contribution in [2.75, 3.05) is 13.2 Å². The topological polar surface area (TPSA) is 18.5 Å². The summed E-state index contributed by atoms with van der Waals surface area (Å²) in [5.74, 6) is 2.10. The first kappa shape index (κ1) is 13.4. The number of hydrogen-bond donors (Lipinski definition) is 0. The molecule has 2 nitrogen and oxygen atoms in total. The van der Waals surface area contributed by atoms with Gasteiger partial charge in [0.2, 0.25) is 0 Å². The fraction of sp³-hybridized carbons (Fsp3) is 0.857. The normalized spacial score (nSPS) is 18.1. The third kappa shape index (κ3) is 2.93. The molecule has 1 aliphatic rings. The Morgan fingerprint density at radius 2 is 1.44 bits per heavy atom. The van der Waals surface area contributed by atoms with Gasteiger partial charge in [-0.25, -0.2) is 0 Å². The van der Waals surface area contributed by atoms with Crippen LogP contribution in [0.25, 0.3) is 0 Å². The molecule has 0 spiro atoms. The van der Waals surface area contributed by atoms with Crippen LogP contribution in [-0.2, 0) is 9.47 Å². The second-order valence-electron chi connectivity index (χ2n) is 6.24. The van der Waals surface area contributed by atoms with Gasteiger partial charge in [-0.1, -0.05) is 48.0 Å². The lowest BCUT2D eigenvalue weighted by Gasteiger charge is -2.37. The summed E-state index contributed by atoms with van der Waals surface area (Å²) in [6.45, 7) is 14.6. The Kier molecular flexibility index (Phi) is 3.92. The number of rotatable bonds is 3. The molecule has 0 aromatic rings. The number of allylic oxidation sites excluding steroid dienone is 2. The molecule has 1 aliphatic heterocycles. The molecular formula is C14H26O2. The Hall–Kier alpha value is -0.660. The minimum atomic E-state index is 0.0285. The molecular weight excluding hydrogens is 200 g/mol. The highest BCUT2D eigenvalue weighted by molar-refractivity contribution is 5.17. The van der Waals surface area contributed by atoms with Gasteiger partial charge in [0, 0.05) is 10.8 Å². The van der Waals surface area contributed by atoms with Crippen molar-refractivity contribution in [1.29, 1.82) is 0 Å². The molecule has 1 rings (SSSR count). The molecule has 16 heavy (non-hydrogen) atoms. The third-order valence-corrected chi connectivity index (χ3v) is 2.95. The van der Waals surface area contributed by atoms with Crippen LogP contribution in [-0.4, -0.2) is 13.2 Å². The molecule has 2 heteroatoms. The molecule has 0 amide bonds. The summed E-state index contributed by atoms with van der Waals surface area (Å²) in [4.78, 5) is 0. The van der Waals surface area contributed by atoms with Crippen LogP contribution in [0, 0.1) is 10.8 Å². The fourth-order valence-corrected chi connectivity index (χ4v) is 2.22. The summed E-state index contributed by atoms with van der Waals surface area (Å²) in [6.07, 6.45) is 2.29. The van der Waals surface area contributed by atoms with E-state index in [2.05, 4.69) is 41.5 Å². The zero-order valence-corrected chi connectivity index (χ0v) is 11.6. The highest BCUT2D eigenvalue weighted by Crippen LogP contribution is 2.41. The first-order chi connectivity index (χ1) is 7.29. The molecule has 0 bridgehead atoms. The van der Waals surface area contributed by atoms with Crippen molar-refractivity contribution >= 4 is 0 Å². The molecule has 0 N–H and O–H groups in total. The predicted molar refractivity (Wildman–Crippen MR) is 67.1 cm³/mol. The van der Waals surface area contributed by atoms with Gasteiger partial charge in [-0.05, 0) is 6.42 Å². The Labute approximate surface area is 100 Å². The maximum atomic E-state index is 5.89. The van der Waals surface area contributed by atoms with E-state index >= 15 is 0 Å². The van der Waals surface area contributed by atoms with Crippen molar-refractivity contribution in [3.63, 3.8) is 0 Å². The van der Waals surface area contributed by atoms with Crippen LogP contribution < -0.4 is 0 Å². The fourth-order valence-electron chi connectivity index (χ4n) is 2.22. The molecule has 0 fully saturated rings. The third-order valence-electron chi connectivity index (χ3n) is 2.95. The quantitative estimate of drug-likeness (QED) is 0.720. The van der Waals surface area contributed by atoms with Crippen LogP contribution in [0.3, 0.4) is 0 Å². The van der Waals surface area contributed by atoms with Gasteiger partial charge < -0.3 is 9.47 Å². The lowest BCUT2D eigenvalue weighted by atomic mass is 9.80. The van der Waals surface area contributed by atoms with E-state index in [4.69, 9.17) is 9.47 Å². The Balaban J connectivity index is 3.08. The SMILES string of the molecule is CCCC(C)(C)C1=C(C(C)(C)C)OCCO1. The first-order valence-corrected chi connectivity index (χ1v) is 6.30. The summed E-state index contributed by atoms with van der Waals surface area (Å²) >= 11 is 0. The number of ether oxygens (including phenoxy) is 2. The van der Waals surface area contributed by atoms with Gasteiger partial charge in [0.25, 0.3) is 0 Å². The van der Waals surface area contributed by atoms with E-state index in [-0.39, 0.29) is 10.8 Å². The minimum absolute atomic E-state index is 0.0285. The zero-order valence-electron chi connectivity index (χ0n) is 11.6. The van der Waals surface area contributed by atoms with Crippen molar-refractivity contribution in [3.8, 4) is 0 Å². The van der Waals surface area contributed by atoms with Crippen LogP contribution in [0.1, 0.15) is 54.4 Å². The van der Waals surface area contributed by atoms with Crippen LogP contribution in [0.15, 0.2) is 11.5 Å². The van der Waals surface area contributed by atoms with Gasteiger partial charge in [-0.2, -0.15) is 0 Å². The summed E-state index contributed by atoms with van der Waals surface area (Å²) in [5, 5.41) is 0. The molecule has 0 saturated carbocycles. The first-order valence-electron chi connectivity index (χ1n) is 6.30. The van der Waals surface area contributed by atoms with E-state index in [9.17, 15) is 0 Å². The second-order valence-corrected chi connectivity index (χ2v) is 6.24. The van der Waals surface area contributed by atoms with Crippen molar-refractivity contribution in [3.05, 3.63) is 11.5 Å². The van der Waals surface area contributed by atoms with Gasteiger partial charge in [0.1, 0.15) is 24.7 Å². The summed E-state index contributed by atoms with van der Waals surface area (Å²) in [5.41, 5.74) is 0.110. The monoisotopic (exact) mass is 226 g/mol. The van der Waals surface area contributed by atoms with Crippen LogP contribution >= 0.6 is 0 Å². The van der Waals surface area contributed by atoms with Gasteiger partial charge >= 0.3 is 0 Å². The van der Waals surface area contributed by atoms with Crippen molar-refractivity contribution in [2.45, 2.75) is 54.4 Å².